The van der Waals surface area contributed by atoms with Crippen molar-refractivity contribution in [1.82, 2.24) is 4.57 Å². The van der Waals surface area contributed by atoms with Crippen molar-refractivity contribution in [3.05, 3.63) is 218 Å². The van der Waals surface area contributed by atoms with Crippen LogP contribution in [-0.2, 0) is 0 Å². The zero-order chi connectivity index (χ0) is 37.7. The van der Waals surface area contributed by atoms with Gasteiger partial charge in [0.1, 0.15) is 11.2 Å². The van der Waals surface area contributed by atoms with Gasteiger partial charge >= 0.3 is 0 Å². The molecule has 0 fully saturated rings. The Morgan fingerprint density at radius 2 is 0.930 bits per heavy atom. The Labute approximate surface area is 330 Å². The number of para-hydroxylation sites is 4. The summed E-state index contributed by atoms with van der Waals surface area (Å²) in [5.41, 5.74) is 15.5. The van der Waals surface area contributed by atoms with Crippen molar-refractivity contribution in [2.75, 3.05) is 4.90 Å². The summed E-state index contributed by atoms with van der Waals surface area (Å²) in [5, 5.41) is 4.76. The third-order valence-electron chi connectivity index (χ3n) is 11.2. The van der Waals surface area contributed by atoms with Crippen molar-refractivity contribution >= 4 is 60.8 Å². The largest absolute Gasteiger partial charge is 0.456 e. The Morgan fingerprint density at radius 1 is 0.333 bits per heavy atom. The Bertz CT molecular complexity index is 3190. The molecule has 0 N–H and O–H groups in total. The van der Waals surface area contributed by atoms with Crippen LogP contribution in [-0.4, -0.2) is 4.57 Å². The van der Waals surface area contributed by atoms with Crippen LogP contribution in [0.15, 0.2) is 223 Å². The summed E-state index contributed by atoms with van der Waals surface area (Å²) in [7, 11) is 0. The molecule has 0 spiro atoms. The zero-order valence-corrected chi connectivity index (χ0v) is 31.1. The van der Waals surface area contributed by atoms with E-state index in [1.807, 2.05) is 12.1 Å². The van der Waals surface area contributed by atoms with Gasteiger partial charge in [-0.1, -0.05) is 152 Å². The summed E-state index contributed by atoms with van der Waals surface area (Å²) in [6.07, 6.45) is 0. The van der Waals surface area contributed by atoms with Crippen LogP contribution >= 0.6 is 0 Å². The van der Waals surface area contributed by atoms with E-state index in [9.17, 15) is 0 Å². The third kappa shape index (κ3) is 5.60. The minimum atomic E-state index is 0.896. The van der Waals surface area contributed by atoms with E-state index in [0.717, 1.165) is 61.4 Å². The maximum Gasteiger partial charge on any atom is 0.136 e. The lowest BCUT2D eigenvalue weighted by Gasteiger charge is -2.29. The molecule has 0 unspecified atom stereocenters. The maximum atomic E-state index is 6.27. The van der Waals surface area contributed by atoms with E-state index in [0.29, 0.717) is 0 Å². The molecule has 2 aromatic heterocycles. The molecule has 0 saturated heterocycles. The first kappa shape index (κ1) is 32.8. The van der Waals surface area contributed by atoms with Gasteiger partial charge in [0.15, 0.2) is 0 Å². The number of hydrogen-bond donors (Lipinski definition) is 0. The number of anilines is 3. The number of benzene rings is 9. The Balaban J connectivity index is 1.09. The van der Waals surface area contributed by atoms with E-state index in [4.69, 9.17) is 4.42 Å². The van der Waals surface area contributed by atoms with Crippen molar-refractivity contribution in [2.45, 2.75) is 0 Å². The SMILES string of the molecule is c1ccc(-c2ccccc2-c2ccccc2N(c2ccc(-c3ccc4c(c3)oc3ccccc34)cc2)c2cccc(-n3c4ccccc4c4ccccc43)c2)cc1. The molecule has 0 aliphatic carbocycles. The van der Waals surface area contributed by atoms with Crippen molar-refractivity contribution < 1.29 is 4.42 Å². The van der Waals surface area contributed by atoms with E-state index in [1.165, 1.54) is 38.5 Å². The molecule has 0 aliphatic rings. The van der Waals surface area contributed by atoms with Crippen LogP contribution in [0, 0.1) is 0 Å². The van der Waals surface area contributed by atoms with Gasteiger partial charge in [0.05, 0.1) is 16.7 Å². The number of nitrogens with zero attached hydrogens (tertiary/aromatic N) is 2. The number of hydrogen-bond acceptors (Lipinski definition) is 2. The molecule has 0 aliphatic heterocycles. The Morgan fingerprint density at radius 3 is 1.70 bits per heavy atom. The fraction of sp³-hybridized carbons (Fsp3) is 0. The van der Waals surface area contributed by atoms with Gasteiger partial charge in [0, 0.05) is 44.2 Å². The number of rotatable bonds is 7. The molecule has 9 aromatic carbocycles. The molecule has 3 nitrogen and oxygen atoms in total. The highest BCUT2D eigenvalue weighted by Gasteiger charge is 2.21. The highest BCUT2D eigenvalue weighted by molar-refractivity contribution is 6.09. The molecule has 0 bridgehead atoms. The first-order valence-corrected chi connectivity index (χ1v) is 19.4. The first-order chi connectivity index (χ1) is 28.3. The van der Waals surface area contributed by atoms with Crippen LogP contribution in [0.5, 0.6) is 0 Å². The number of fused-ring (bicyclic) bond motifs is 6. The molecule has 57 heavy (non-hydrogen) atoms. The van der Waals surface area contributed by atoms with E-state index in [2.05, 4.69) is 216 Å². The molecule has 0 amide bonds. The van der Waals surface area contributed by atoms with Gasteiger partial charge in [-0.3, -0.25) is 0 Å². The number of aromatic nitrogens is 1. The molecule has 2 heterocycles. The predicted molar refractivity (Wildman–Crippen MR) is 239 cm³/mol. The Hall–Kier alpha value is -7.62. The fourth-order valence-electron chi connectivity index (χ4n) is 8.59. The van der Waals surface area contributed by atoms with Crippen molar-refractivity contribution in [3.8, 4) is 39.1 Å². The minimum Gasteiger partial charge on any atom is -0.456 e. The van der Waals surface area contributed by atoms with Crippen molar-refractivity contribution in [2.24, 2.45) is 0 Å². The van der Waals surface area contributed by atoms with E-state index < -0.39 is 0 Å². The van der Waals surface area contributed by atoms with Gasteiger partial charge in [0.25, 0.3) is 0 Å². The third-order valence-corrected chi connectivity index (χ3v) is 11.2. The molecule has 3 heteroatoms. The molecule has 0 radical (unpaired) electrons. The quantitative estimate of drug-likeness (QED) is 0.163. The molecule has 0 atom stereocenters. The lowest BCUT2D eigenvalue weighted by Crippen LogP contribution is -2.12. The second-order valence-corrected chi connectivity index (χ2v) is 14.5. The van der Waals surface area contributed by atoms with Crippen molar-refractivity contribution in [3.63, 3.8) is 0 Å². The summed E-state index contributed by atoms with van der Waals surface area (Å²) in [6, 6.07) is 78.2. The summed E-state index contributed by atoms with van der Waals surface area (Å²) < 4.78 is 8.66. The highest BCUT2D eigenvalue weighted by Crippen LogP contribution is 2.45. The average molecular weight is 729 g/mol. The van der Waals surface area contributed by atoms with Crippen LogP contribution in [0.2, 0.25) is 0 Å². The van der Waals surface area contributed by atoms with Gasteiger partial charge in [0.2, 0.25) is 0 Å². The smallest absolute Gasteiger partial charge is 0.136 e. The summed E-state index contributed by atoms with van der Waals surface area (Å²) >= 11 is 0. The fourth-order valence-corrected chi connectivity index (χ4v) is 8.59. The van der Waals surface area contributed by atoms with Gasteiger partial charge in [-0.2, -0.15) is 0 Å². The van der Waals surface area contributed by atoms with Gasteiger partial charge in [-0.05, 0) is 94.5 Å². The topological polar surface area (TPSA) is 21.3 Å². The van der Waals surface area contributed by atoms with E-state index in [-0.39, 0.29) is 0 Å². The van der Waals surface area contributed by atoms with E-state index in [1.54, 1.807) is 0 Å². The number of furan rings is 1. The summed E-state index contributed by atoms with van der Waals surface area (Å²) in [6.45, 7) is 0. The highest BCUT2D eigenvalue weighted by atomic mass is 16.3. The van der Waals surface area contributed by atoms with Gasteiger partial charge in [-0.15, -0.1) is 0 Å². The lowest BCUT2D eigenvalue weighted by molar-refractivity contribution is 0.669. The molecular weight excluding hydrogens is 693 g/mol. The molecule has 11 rings (SSSR count). The maximum absolute atomic E-state index is 6.27. The van der Waals surface area contributed by atoms with Gasteiger partial charge < -0.3 is 13.9 Å². The minimum absolute atomic E-state index is 0.896. The normalized spacial score (nSPS) is 11.5. The predicted octanol–water partition coefficient (Wildman–Crippen LogP) is 15.2. The Kier molecular flexibility index (Phi) is 7.82. The lowest BCUT2D eigenvalue weighted by atomic mass is 9.93. The standard InChI is InChI=1S/C54H36N2O/c1-2-15-38(16-3-1)43-19-4-5-20-44(43)45-21-6-10-25-50(45)55(40-32-29-37(30-33-40)39-31-34-49-48-24-9-13-28-53(48)57-54(49)35-39)41-17-14-18-42(36-41)56-51-26-11-7-22-46(51)47-23-8-12-27-52(47)56/h1-36H. The van der Waals surface area contributed by atoms with Gasteiger partial charge in [-0.25, -0.2) is 0 Å². The van der Waals surface area contributed by atoms with Crippen molar-refractivity contribution in [1.29, 1.82) is 0 Å². The average Bonchev–Trinajstić information content (AvgIpc) is 3.83. The second kappa shape index (κ2) is 13.6. The zero-order valence-electron chi connectivity index (χ0n) is 31.1. The molecular formula is C54H36N2O. The monoisotopic (exact) mass is 728 g/mol. The van der Waals surface area contributed by atoms with Crippen LogP contribution in [0.4, 0.5) is 17.1 Å². The molecule has 11 aromatic rings. The summed E-state index contributed by atoms with van der Waals surface area (Å²) in [5.74, 6) is 0. The van der Waals surface area contributed by atoms with Crippen LogP contribution in [0.1, 0.15) is 0 Å². The van der Waals surface area contributed by atoms with Crippen LogP contribution < -0.4 is 4.90 Å². The molecule has 0 saturated carbocycles. The second-order valence-electron chi connectivity index (χ2n) is 14.5. The first-order valence-electron chi connectivity index (χ1n) is 19.4. The van der Waals surface area contributed by atoms with E-state index >= 15 is 0 Å². The molecule has 268 valence electrons. The summed E-state index contributed by atoms with van der Waals surface area (Å²) in [4.78, 5) is 2.40. The van der Waals surface area contributed by atoms with Crippen LogP contribution in [0.3, 0.4) is 0 Å². The van der Waals surface area contributed by atoms with Crippen LogP contribution in [0.25, 0.3) is 82.8 Å².